The Morgan fingerprint density at radius 2 is 1.89 bits per heavy atom. The van der Waals surface area contributed by atoms with Crippen molar-refractivity contribution in [2.75, 3.05) is 0 Å². The van der Waals surface area contributed by atoms with Gasteiger partial charge in [-0.05, 0) is 35.4 Å². The maximum atomic E-state index is 5.04. The van der Waals surface area contributed by atoms with Gasteiger partial charge in [-0.15, -0.1) is 0 Å². The molecule has 0 fully saturated rings. The Hall–Kier alpha value is -1.68. The van der Waals surface area contributed by atoms with E-state index in [2.05, 4.69) is 51.2 Å². The van der Waals surface area contributed by atoms with E-state index in [0.29, 0.717) is 11.7 Å². The van der Waals surface area contributed by atoms with Crippen LogP contribution in [-0.4, -0.2) is 10.1 Å². The van der Waals surface area contributed by atoms with Gasteiger partial charge in [0.15, 0.2) is 0 Å². The largest absolute Gasteiger partial charge is 0.339 e. The average Bonchev–Trinajstić information content (AvgIpc) is 2.77. The molecule has 0 saturated carbocycles. The maximum Gasteiger partial charge on any atom is 0.223 e. The van der Waals surface area contributed by atoms with Gasteiger partial charge in [0, 0.05) is 17.0 Å². The number of aryl methyl sites for hydroxylation is 2. The van der Waals surface area contributed by atoms with Crippen LogP contribution in [0.3, 0.4) is 0 Å². The molecule has 0 saturated heterocycles. The zero-order chi connectivity index (χ0) is 12.7. The van der Waals surface area contributed by atoms with Gasteiger partial charge in [-0.25, -0.2) is 0 Å². The number of nitrogens with zero attached hydrogens (tertiary/aromatic N) is 2. The number of hydrogen-bond donors (Lipinski definition) is 0. The molecule has 0 spiro atoms. The lowest BCUT2D eigenvalue weighted by Gasteiger charge is -2.06. The van der Waals surface area contributed by atoms with Crippen molar-refractivity contribution >= 4 is 26.7 Å². The second-order valence-electron chi connectivity index (χ2n) is 4.24. The number of aromatic nitrogens is 2. The summed E-state index contributed by atoms with van der Waals surface area (Å²) < 4.78 is 6.11. The predicted molar refractivity (Wildman–Crippen MR) is 74.4 cm³/mol. The SMILES string of the molecule is Cc1nc(-c2ccc3ccc(Br)cc3c2C)no1. The van der Waals surface area contributed by atoms with Crippen molar-refractivity contribution in [3.63, 3.8) is 0 Å². The van der Waals surface area contributed by atoms with Crippen LogP contribution in [-0.2, 0) is 0 Å². The number of rotatable bonds is 1. The van der Waals surface area contributed by atoms with Crippen molar-refractivity contribution in [3.05, 3.63) is 46.3 Å². The van der Waals surface area contributed by atoms with Gasteiger partial charge >= 0.3 is 0 Å². The van der Waals surface area contributed by atoms with Crippen LogP contribution in [0.4, 0.5) is 0 Å². The van der Waals surface area contributed by atoms with Gasteiger partial charge in [-0.1, -0.05) is 39.3 Å². The highest BCUT2D eigenvalue weighted by atomic mass is 79.9. The molecule has 0 atom stereocenters. The fraction of sp³-hybridized carbons (Fsp3) is 0.143. The van der Waals surface area contributed by atoms with Crippen LogP contribution >= 0.6 is 15.9 Å². The first kappa shape index (κ1) is 11.4. The summed E-state index contributed by atoms with van der Waals surface area (Å²) in [5.74, 6) is 1.23. The number of halogens is 1. The Kier molecular flexibility index (Phi) is 2.67. The Morgan fingerprint density at radius 3 is 2.61 bits per heavy atom. The third-order valence-corrected chi connectivity index (χ3v) is 3.51. The van der Waals surface area contributed by atoms with Crippen LogP contribution in [0.5, 0.6) is 0 Å². The molecule has 0 N–H and O–H groups in total. The van der Waals surface area contributed by atoms with Gasteiger partial charge in [0.1, 0.15) is 0 Å². The summed E-state index contributed by atoms with van der Waals surface area (Å²) in [6, 6.07) is 10.4. The first-order chi connectivity index (χ1) is 8.65. The van der Waals surface area contributed by atoms with Crippen LogP contribution < -0.4 is 0 Å². The first-order valence-corrected chi connectivity index (χ1v) is 6.44. The van der Waals surface area contributed by atoms with Crippen LogP contribution in [0.25, 0.3) is 22.2 Å². The van der Waals surface area contributed by atoms with E-state index in [1.807, 2.05) is 12.1 Å². The third kappa shape index (κ3) is 1.82. The lowest BCUT2D eigenvalue weighted by atomic mass is 10.00. The summed E-state index contributed by atoms with van der Waals surface area (Å²) in [7, 11) is 0. The number of benzene rings is 2. The molecule has 3 rings (SSSR count). The molecule has 0 bridgehead atoms. The summed E-state index contributed by atoms with van der Waals surface area (Å²) in [4.78, 5) is 4.28. The van der Waals surface area contributed by atoms with Gasteiger partial charge in [-0.2, -0.15) is 4.98 Å². The summed E-state index contributed by atoms with van der Waals surface area (Å²) in [5.41, 5.74) is 2.17. The van der Waals surface area contributed by atoms with E-state index in [4.69, 9.17) is 4.52 Å². The minimum absolute atomic E-state index is 0.582. The minimum Gasteiger partial charge on any atom is -0.339 e. The Balaban J connectivity index is 2.28. The smallest absolute Gasteiger partial charge is 0.223 e. The van der Waals surface area contributed by atoms with Crippen molar-refractivity contribution < 1.29 is 4.52 Å². The molecule has 0 radical (unpaired) electrons. The zero-order valence-corrected chi connectivity index (χ0v) is 11.7. The van der Waals surface area contributed by atoms with Crippen LogP contribution in [0.2, 0.25) is 0 Å². The van der Waals surface area contributed by atoms with Gasteiger partial charge in [-0.3, -0.25) is 0 Å². The highest BCUT2D eigenvalue weighted by Crippen LogP contribution is 2.29. The van der Waals surface area contributed by atoms with Crippen molar-refractivity contribution in [3.8, 4) is 11.4 Å². The quantitative estimate of drug-likeness (QED) is 0.674. The van der Waals surface area contributed by atoms with Crippen molar-refractivity contribution in [2.45, 2.75) is 13.8 Å². The maximum absolute atomic E-state index is 5.04. The number of fused-ring (bicyclic) bond motifs is 1. The van der Waals surface area contributed by atoms with E-state index in [-0.39, 0.29) is 0 Å². The molecule has 0 unspecified atom stereocenters. The molecule has 0 amide bonds. The molecule has 0 aliphatic rings. The van der Waals surface area contributed by atoms with Gasteiger partial charge < -0.3 is 4.52 Å². The molecular weight excluding hydrogens is 292 g/mol. The van der Waals surface area contributed by atoms with E-state index in [9.17, 15) is 0 Å². The lowest BCUT2D eigenvalue weighted by Crippen LogP contribution is -1.88. The fourth-order valence-corrected chi connectivity index (χ4v) is 2.45. The summed E-state index contributed by atoms with van der Waals surface area (Å²) in [6.07, 6.45) is 0. The minimum atomic E-state index is 0.582. The van der Waals surface area contributed by atoms with Crippen LogP contribution in [0, 0.1) is 13.8 Å². The zero-order valence-electron chi connectivity index (χ0n) is 10.1. The fourth-order valence-electron chi connectivity index (χ4n) is 2.09. The topological polar surface area (TPSA) is 38.9 Å². The van der Waals surface area contributed by atoms with E-state index in [1.165, 1.54) is 10.8 Å². The van der Waals surface area contributed by atoms with E-state index in [1.54, 1.807) is 6.92 Å². The summed E-state index contributed by atoms with van der Waals surface area (Å²) >= 11 is 3.50. The van der Waals surface area contributed by atoms with Crippen molar-refractivity contribution in [1.82, 2.24) is 10.1 Å². The molecule has 18 heavy (non-hydrogen) atoms. The molecular formula is C14H11BrN2O. The highest BCUT2D eigenvalue weighted by molar-refractivity contribution is 9.10. The second-order valence-corrected chi connectivity index (χ2v) is 5.16. The van der Waals surface area contributed by atoms with Crippen molar-refractivity contribution in [1.29, 1.82) is 0 Å². The third-order valence-electron chi connectivity index (χ3n) is 3.02. The first-order valence-electron chi connectivity index (χ1n) is 5.65. The molecule has 0 aliphatic carbocycles. The molecule has 1 heterocycles. The molecule has 2 aromatic carbocycles. The van der Waals surface area contributed by atoms with Crippen molar-refractivity contribution in [2.24, 2.45) is 0 Å². The molecule has 3 nitrogen and oxygen atoms in total. The van der Waals surface area contributed by atoms with Gasteiger partial charge in [0.2, 0.25) is 11.7 Å². The molecule has 0 aliphatic heterocycles. The Labute approximate surface area is 113 Å². The molecule has 1 aromatic heterocycles. The van der Waals surface area contributed by atoms with E-state index < -0.39 is 0 Å². The van der Waals surface area contributed by atoms with Crippen LogP contribution in [0.15, 0.2) is 39.3 Å². The highest BCUT2D eigenvalue weighted by Gasteiger charge is 2.11. The Morgan fingerprint density at radius 1 is 1.11 bits per heavy atom. The average molecular weight is 303 g/mol. The molecule has 90 valence electrons. The summed E-state index contributed by atoms with van der Waals surface area (Å²) in [6.45, 7) is 3.87. The van der Waals surface area contributed by atoms with Crippen LogP contribution in [0.1, 0.15) is 11.5 Å². The van der Waals surface area contributed by atoms with E-state index in [0.717, 1.165) is 15.6 Å². The Bertz CT molecular complexity index is 734. The normalized spacial score (nSPS) is 11.1. The van der Waals surface area contributed by atoms with Gasteiger partial charge in [0.05, 0.1) is 0 Å². The lowest BCUT2D eigenvalue weighted by molar-refractivity contribution is 0.394. The molecule has 4 heteroatoms. The molecule has 3 aromatic rings. The second kappa shape index (κ2) is 4.21. The monoisotopic (exact) mass is 302 g/mol. The number of hydrogen-bond acceptors (Lipinski definition) is 3. The van der Waals surface area contributed by atoms with E-state index >= 15 is 0 Å². The summed E-state index contributed by atoms with van der Waals surface area (Å²) in [5, 5.41) is 6.38. The standard InChI is InChI=1S/C14H11BrN2O/c1-8-12(14-16-9(2)18-17-14)6-4-10-3-5-11(15)7-13(8)10/h3-7H,1-2H3. The predicted octanol–water partition coefficient (Wildman–Crippen LogP) is 4.27. The van der Waals surface area contributed by atoms with Gasteiger partial charge in [0.25, 0.3) is 0 Å².